The van der Waals surface area contributed by atoms with Crippen LogP contribution < -0.4 is 4.90 Å². The SMILES string of the molecule is c1ccc(-c2ccc(N(c3ccc(-c4ccc(-c5ccc(-c6ccc7c(c6)c6ccccc6n7-c6ccccc6)cc5)cc4)cc3)c3ccc4c(ccc5oc6ccccc6c54)c3)cc2)cc1. The van der Waals surface area contributed by atoms with Gasteiger partial charge in [0.15, 0.2) is 0 Å². The van der Waals surface area contributed by atoms with Crippen LogP contribution in [0.5, 0.6) is 0 Å². The summed E-state index contributed by atoms with van der Waals surface area (Å²) in [6, 6.07) is 91.8. The number of hydrogen-bond donors (Lipinski definition) is 0. The van der Waals surface area contributed by atoms with Crippen LogP contribution in [-0.2, 0) is 0 Å². The van der Waals surface area contributed by atoms with Crippen LogP contribution in [0.4, 0.5) is 17.1 Å². The summed E-state index contributed by atoms with van der Waals surface area (Å²) in [4.78, 5) is 2.35. The highest BCUT2D eigenvalue weighted by Gasteiger charge is 2.17. The largest absolute Gasteiger partial charge is 0.456 e. The molecule has 3 nitrogen and oxygen atoms in total. The lowest BCUT2D eigenvalue weighted by atomic mass is 9.97. The number of nitrogens with zero attached hydrogens (tertiary/aromatic N) is 2. The molecule has 13 rings (SSSR count). The van der Waals surface area contributed by atoms with Crippen molar-refractivity contribution in [2.45, 2.75) is 0 Å². The number of fused-ring (bicyclic) bond motifs is 8. The minimum Gasteiger partial charge on any atom is -0.456 e. The highest BCUT2D eigenvalue weighted by Crippen LogP contribution is 2.42. The topological polar surface area (TPSA) is 21.3 Å². The van der Waals surface area contributed by atoms with Crippen molar-refractivity contribution in [2.75, 3.05) is 4.90 Å². The van der Waals surface area contributed by atoms with Gasteiger partial charge in [0.1, 0.15) is 11.2 Å². The van der Waals surface area contributed by atoms with E-state index in [0.29, 0.717) is 0 Å². The third-order valence-electron chi connectivity index (χ3n) is 13.4. The minimum absolute atomic E-state index is 0.908. The van der Waals surface area contributed by atoms with E-state index in [1.54, 1.807) is 0 Å². The number of anilines is 3. The molecule has 0 radical (unpaired) electrons. The van der Waals surface area contributed by atoms with Gasteiger partial charge in [-0.3, -0.25) is 0 Å². The van der Waals surface area contributed by atoms with Crippen molar-refractivity contribution in [1.29, 1.82) is 0 Å². The Kier molecular flexibility index (Phi) is 9.17. The van der Waals surface area contributed by atoms with E-state index in [1.807, 2.05) is 12.1 Å². The van der Waals surface area contributed by atoms with E-state index in [4.69, 9.17) is 4.42 Å². The Morgan fingerprint density at radius 1 is 0.284 bits per heavy atom. The van der Waals surface area contributed by atoms with Gasteiger partial charge in [-0.25, -0.2) is 0 Å². The van der Waals surface area contributed by atoms with E-state index in [9.17, 15) is 0 Å². The number of para-hydroxylation sites is 3. The van der Waals surface area contributed by atoms with E-state index < -0.39 is 0 Å². The molecule has 0 atom stereocenters. The summed E-state index contributed by atoms with van der Waals surface area (Å²) in [5.41, 5.74) is 18.2. The molecule has 3 heteroatoms. The zero-order valence-electron chi connectivity index (χ0n) is 36.6. The molecule has 0 spiro atoms. The Morgan fingerprint density at radius 2 is 0.761 bits per heavy atom. The Morgan fingerprint density at radius 3 is 1.40 bits per heavy atom. The summed E-state index contributed by atoms with van der Waals surface area (Å²) >= 11 is 0. The normalized spacial score (nSPS) is 11.6. The summed E-state index contributed by atoms with van der Waals surface area (Å²) in [6.07, 6.45) is 0. The first-order valence-corrected chi connectivity index (χ1v) is 22.9. The number of benzene rings is 11. The third kappa shape index (κ3) is 6.76. The van der Waals surface area contributed by atoms with Gasteiger partial charge < -0.3 is 13.9 Å². The summed E-state index contributed by atoms with van der Waals surface area (Å²) < 4.78 is 8.60. The minimum atomic E-state index is 0.908. The van der Waals surface area contributed by atoms with Crippen LogP contribution in [0.1, 0.15) is 0 Å². The van der Waals surface area contributed by atoms with Crippen LogP contribution >= 0.6 is 0 Å². The lowest BCUT2D eigenvalue weighted by Crippen LogP contribution is -2.09. The summed E-state index contributed by atoms with van der Waals surface area (Å²) in [5, 5.41) is 7.16. The Labute approximate surface area is 388 Å². The molecule has 2 heterocycles. The number of furan rings is 1. The standard InChI is InChI=1S/C64H42N2O/c1-3-11-43(12-4-1)47-27-33-53(34-28-47)65(55-37-38-56-51(41-55)32-40-63-64(56)58-16-8-10-18-62(58)67-63)54-35-29-48(30-36-54)46-21-19-44(20-22-46)45-23-25-49(26-24-45)50-31-39-61-59(42-50)57-15-7-9-17-60(57)66(61)52-13-5-2-6-14-52/h1-42H. The van der Waals surface area contributed by atoms with Crippen molar-refractivity contribution in [3.05, 3.63) is 255 Å². The van der Waals surface area contributed by atoms with Gasteiger partial charge in [0.25, 0.3) is 0 Å². The Bertz CT molecular complexity index is 3920. The molecule has 0 aliphatic heterocycles. The van der Waals surface area contributed by atoms with Crippen molar-refractivity contribution in [2.24, 2.45) is 0 Å². The fourth-order valence-corrected chi connectivity index (χ4v) is 10.1. The van der Waals surface area contributed by atoms with Crippen molar-refractivity contribution in [3.63, 3.8) is 0 Å². The zero-order chi connectivity index (χ0) is 44.3. The second-order valence-corrected chi connectivity index (χ2v) is 17.3. The van der Waals surface area contributed by atoms with E-state index >= 15 is 0 Å². The molecule has 2 aromatic heterocycles. The van der Waals surface area contributed by atoms with Gasteiger partial charge in [-0.05, 0) is 134 Å². The van der Waals surface area contributed by atoms with Crippen LogP contribution in [-0.4, -0.2) is 4.57 Å². The van der Waals surface area contributed by atoms with Gasteiger partial charge in [0.2, 0.25) is 0 Å². The molecule has 0 aliphatic carbocycles. The quantitative estimate of drug-likeness (QED) is 0.152. The van der Waals surface area contributed by atoms with Gasteiger partial charge in [-0.15, -0.1) is 0 Å². The second-order valence-electron chi connectivity index (χ2n) is 17.3. The average Bonchev–Trinajstić information content (AvgIpc) is 3.96. The molecule has 0 N–H and O–H groups in total. The molecular weight excluding hydrogens is 813 g/mol. The maximum atomic E-state index is 6.24. The van der Waals surface area contributed by atoms with E-state index in [1.165, 1.54) is 82.8 Å². The maximum absolute atomic E-state index is 6.24. The van der Waals surface area contributed by atoms with Gasteiger partial charge >= 0.3 is 0 Å². The predicted octanol–water partition coefficient (Wildman–Crippen LogP) is 18.0. The number of aromatic nitrogens is 1. The highest BCUT2D eigenvalue weighted by atomic mass is 16.3. The lowest BCUT2D eigenvalue weighted by molar-refractivity contribution is 0.669. The van der Waals surface area contributed by atoms with E-state index in [2.05, 4.69) is 252 Å². The fourth-order valence-electron chi connectivity index (χ4n) is 10.1. The Balaban J connectivity index is 0.794. The molecular formula is C64H42N2O. The van der Waals surface area contributed by atoms with Crippen LogP contribution in [0.15, 0.2) is 259 Å². The second kappa shape index (κ2) is 16.0. The summed E-state index contributed by atoms with van der Waals surface area (Å²) in [5.74, 6) is 0. The van der Waals surface area contributed by atoms with Gasteiger partial charge in [-0.2, -0.15) is 0 Å². The van der Waals surface area contributed by atoms with Gasteiger partial charge in [0.05, 0.1) is 11.0 Å². The molecule has 0 unspecified atom stereocenters. The number of rotatable bonds is 8. The molecule has 0 fully saturated rings. The van der Waals surface area contributed by atoms with Crippen LogP contribution in [0.25, 0.3) is 105 Å². The molecule has 13 aromatic rings. The number of hydrogen-bond acceptors (Lipinski definition) is 2. The molecule has 314 valence electrons. The van der Waals surface area contributed by atoms with Crippen molar-refractivity contribution < 1.29 is 4.42 Å². The smallest absolute Gasteiger partial charge is 0.136 e. The third-order valence-corrected chi connectivity index (χ3v) is 13.4. The predicted molar refractivity (Wildman–Crippen MR) is 282 cm³/mol. The summed E-state index contributed by atoms with van der Waals surface area (Å²) in [7, 11) is 0. The first-order chi connectivity index (χ1) is 33.2. The van der Waals surface area contributed by atoms with Gasteiger partial charge in [-0.1, -0.05) is 176 Å². The van der Waals surface area contributed by atoms with Crippen LogP contribution in [0.2, 0.25) is 0 Å². The molecule has 0 aliphatic rings. The van der Waals surface area contributed by atoms with Crippen LogP contribution in [0, 0.1) is 0 Å². The maximum Gasteiger partial charge on any atom is 0.136 e. The van der Waals surface area contributed by atoms with Crippen molar-refractivity contribution >= 4 is 71.6 Å². The van der Waals surface area contributed by atoms with Crippen molar-refractivity contribution in [1.82, 2.24) is 4.57 Å². The zero-order valence-corrected chi connectivity index (χ0v) is 36.6. The monoisotopic (exact) mass is 854 g/mol. The molecule has 0 saturated heterocycles. The van der Waals surface area contributed by atoms with E-state index in [0.717, 1.165) is 39.0 Å². The molecule has 11 aromatic carbocycles. The van der Waals surface area contributed by atoms with E-state index in [-0.39, 0.29) is 0 Å². The molecule has 67 heavy (non-hydrogen) atoms. The first-order valence-electron chi connectivity index (χ1n) is 22.9. The Hall–Kier alpha value is -8.92. The molecule has 0 amide bonds. The molecule has 0 saturated carbocycles. The van der Waals surface area contributed by atoms with Crippen LogP contribution in [0.3, 0.4) is 0 Å². The summed E-state index contributed by atoms with van der Waals surface area (Å²) in [6.45, 7) is 0. The van der Waals surface area contributed by atoms with Gasteiger partial charge in [0, 0.05) is 44.3 Å². The van der Waals surface area contributed by atoms with Crippen molar-refractivity contribution in [3.8, 4) is 50.2 Å². The lowest BCUT2D eigenvalue weighted by Gasteiger charge is -2.26. The average molecular weight is 855 g/mol. The first kappa shape index (κ1) is 38.5. The fraction of sp³-hybridized carbons (Fsp3) is 0. The highest BCUT2D eigenvalue weighted by molar-refractivity contribution is 6.19. The molecule has 0 bridgehead atoms.